The number of fused-ring (bicyclic) bond motifs is 1. The van der Waals surface area contributed by atoms with Crippen LogP contribution in [0.5, 0.6) is 0 Å². The molecule has 1 heterocycles. The van der Waals surface area contributed by atoms with Gasteiger partial charge in [0.15, 0.2) is 0 Å². The van der Waals surface area contributed by atoms with Gasteiger partial charge in [0.25, 0.3) is 0 Å². The fourth-order valence-electron chi connectivity index (χ4n) is 3.15. The van der Waals surface area contributed by atoms with Crippen molar-refractivity contribution in [2.24, 2.45) is 17.8 Å². The molecule has 19 heavy (non-hydrogen) atoms. The molecule has 0 aromatic rings. The molecule has 2 atom stereocenters. The van der Waals surface area contributed by atoms with Crippen LogP contribution in [0.15, 0.2) is 0 Å². The van der Waals surface area contributed by atoms with Crippen LogP contribution in [0, 0.1) is 17.8 Å². The van der Waals surface area contributed by atoms with Gasteiger partial charge < -0.3 is 9.64 Å². The molecule has 108 valence electrons. The van der Waals surface area contributed by atoms with Crippen LogP contribution in [0.1, 0.15) is 33.6 Å². The van der Waals surface area contributed by atoms with Crippen molar-refractivity contribution in [2.75, 3.05) is 18.4 Å². The normalized spacial score (nSPS) is 27.5. The summed E-state index contributed by atoms with van der Waals surface area (Å²) in [6, 6.07) is 0. The summed E-state index contributed by atoms with van der Waals surface area (Å²) in [6.07, 6.45) is 1.63. The molecule has 2 rings (SSSR count). The van der Waals surface area contributed by atoms with E-state index in [-0.39, 0.29) is 12.0 Å². The van der Waals surface area contributed by atoms with E-state index in [1.54, 1.807) is 4.90 Å². The zero-order valence-corrected chi connectivity index (χ0v) is 13.4. The lowest BCUT2D eigenvalue weighted by Crippen LogP contribution is -2.36. The summed E-state index contributed by atoms with van der Waals surface area (Å²) in [5, 5.41) is 0.451. The highest BCUT2D eigenvalue weighted by molar-refractivity contribution is 9.09. The Kier molecular flexibility index (Phi) is 4.23. The summed E-state index contributed by atoms with van der Waals surface area (Å²) in [5.41, 5.74) is -0.441. The molecule has 0 aromatic carbocycles. The minimum atomic E-state index is -0.441. The summed E-state index contributed by atoms with van der Waals surface area (Å²) >= 11 is 3.24. The van der Waals surface area contributed by atoms with Crippen molar-refractivity contribution in [3.05, 3.63) is 0 Å². The zero-order valence-electron chi connectivity index (χ0n) is 11.8. The Morgan fingerprint density at radius 1 is 1.21 bits per heavy atom. The first-order valence-electron chi connectivity index (χ1n) is 6.86. The number of alkyl halides is 1. The fraction of sp³-hybridized carbons (Fsp3) is 0.857. The summed E-state index contributed by atoms with van der Waals surface area (Å²) in [5.74, 6) is 1.44. The van der Waals surface area contributed by atoms with Gasteiger partial charge in [0, 0.05) is 19.0 Å². The molecule has 5 heteroatoms. The second-order valence-corrected chi connectivity index (χ2v) is 7.23. The predicted octanol–water partition coefficient (Wildman–Crippen LogP) is 2.84. The molecule has 0 spiro atoms. The number of rotatable bonds is 2. The number of ether oxygens (including phenoxy) is 1. The van der Waals surface area contributed by atoms with E-state index in [4.69, 9.17) is 4.74 Å². The van der Waals surface area contributed by atoms with Gasteiger partial charge in [-0.25, -0.2) is 4.79 Å². The van der Waals surface area contributed by atoms with Crippen LogP contribution in [0.25, 0.3) is 0 Å². The highest BCUT2D eigenvalue weighted by atomic mass is 79.9. The second-order valence-electron chi connectivity index (χ2n) is 6.67. The third kappa shape index (κ3) is 3.50. The summed E-state index contributed by atoms with van der Waals surface area (Å²) in [4.78, 5) is 25.5. The van der Waals surface area contributed by atoms with Crippen molar-refractivity contribution >= 4 is 27.8 Å². The SMILES string of the molecule is CC(C)(C)OC(=O)N1C[C@H]2CC(C(=O)CBr)C[C@@H]2C1. The molecular weight excluding hydrogens is 310 g/mol. The van der Waals surface area contributed by atoms with E-state index in [0.717, 1.165) is 25.9 Å². The van der Waals surface area contributed by atoms with E-state index >= 15 is 0 Å². The van der Waals surface area contributed by atoms with E-state index in [2.05, 4.69) is 15.9 Å². The maximum atomic E-state index is 12.0. The van der Waals surface area contributed by atoms with Crippen molar-refractivity contribution in [3.8, 4) is 0 Å². The molecule has 4 nitrogen and oxygen atoms in total. The lowest BCUT2D eigenvalue weighted by molar-refractivity contribution is -0.120. The molecular formula is C14H22BrNO3. The van der Waals surface area contributed by atoms with Gasteiger partial charge in [-0.05, 0) is 45.4 Å². The predicted molar refractivity (Wildman–Crippen MR) is 76.3 cm³/mol. The average molecular weight is 332 g/mol. The number of carbonyl (C=O) groups excluding carboxylic acids is 2. The van der Waals surface area contributed by atoms with Gasteiger partial charge in [-0.1, -0.05) is 15.9 Å². The van der Waals surface area contributed by atoms with Crippen LogP contribution in [0.2, 0.25) is 0 Å². The first-order valence-corrected chi connectivity index (χ1v) is 7.99. The molecule has 0 radical (unpaired) electrons. The number of likely N-dealkylation sites (tertiary alicyclic amines) is 1. The molecule has 0 bridgehead atoms. The smallest absolute Gasteiger partial charge is 0.410 e. The van der Waals surface area contributed by atoms with Gasteiger partial charge in [-0.15, -0.1) is 0 Å². The van der Waals surface area contributed by atoms with Crippen LogP contribution in [0.3, 0.4) is 0 Å². The number of nitrogens with zero attached hydrogens (tertiary/aromatic N) is 1. The number of hydrogen-bond acceptors (Lipinski definition) is 3. The van der Waals surface area contributed by atoms with Gasteiger partial charge in [-0.2, -0.15) is 0 Å². The first-order chi connectivity index (χ1) is 8.80. The molecule has 0 N–H and O–H groups in total. The molecule has 1 amide bonds. The van der Waals surface area contributed by atoms with Crippen molar-refractivity contribution < 1.29 is 14.3 Å². The molecule has 2 fully saturated rings. The fourth-order valence-corrected chi connectivity index (χ4v) is 3.61. The Labute approximate surface area is 123 Å². The Morgan fingerprint density at radius 2 is 1.74 bits per heavy atom. The van der Waals surface area contributed by atoms with Crippen molar-refractivity contribution in [2.45, 2.75) is 39.2 Å². The largest absolute Gasteiger partial charge is 0.444 e. The van der Waals surface area contributed by atoms with Crippen molar-refractivity contribution in [3.63, 3.8) is 0 Å². The minimum absolute atomic E-state index is 0.190. The molecule has 0 aromatic heterocycles. The Hall–Kier alpha value is -0.580. The third-order valence-corrected chi connectivity index (χ3v) is 4.54. The maximum absolute atomic E-state index is 12.0. The maximum Gasteiger partial charge on any atom is 0.410 e. The molecule has 1 saturated heterocycles. The lowest BCUT2D eigenvalue weighted by atomic mass is 10.0. The van der Waals surface area contributed by atoms with Gasteiger partial charge in [-0.3, -0.25) is 4.79 Å². The van der Waals surface area contributed by atoms with E-state index in [1.165, 1.54) is 0 Å². The highest BCUT2D eigenvalue weighted by Gasteiger charge is 2.44. The van der Waals surface area contributed by atoms with Gasteiger partial charge in [0.2, 0.25) is 0 Å². The Bertz CT molecular complexity index is 363. The first kappa shape index (κ1) is 14.8. The number of Topliss-reactive ketones (excluding diaryl/α,β-unsaturated/α-hetero) is 1. The van der Waals surface area contributed by atoms with Gasteiger partial charge >= 0.3 is 6.09 Å². The van der Waals surface area contributed by atoms with Crippen LogP contribution in [-0.4, -0.2) is 40.8 Å². The molecule has 1 aliphatic carbocycles. The van der Waals surface area contributed by atoms with Crippen LogP contribution in [0.4, 0.5) is 4.79 Å². The lowest BCUT2D eigenvalue weighted by Gasteiger charge is -2.25. The monoisotopic (exact) mass is 331 g/mol. The zero-order chi connectivity index (χ0) is 14.2. The second kappa shape index (κ2) is 5.43. The number of hydrogen-bond donors (Lipinski definition) is 0. The van der Waals surface area contributed by atoms with Gasteiger partial charge in [0.1, 0.15) is 11.4 Å². The van der Waals surface area contributed by atoms with Crippen molar-refractivity contribution in [1.82, 2.24) is 4.90 Å². The Balaban J connectivity index is 1.87. The van der Waals surface area contributed by atoms with Crippen LogP contribution < -0.4 is 0 Å². The molecule has 1 aliphatic heterocycles. The highest BCUT2D eigenvalue weighted by Crippen LogP contribution is 2.42. The summed E-state index contributed by atoms with van der Waals surface area (Å²) in [7, 11) is 0. The van der Waals surface area contributed by atoms with E-state index < -0.39 is 5.60 Å². The molecule has 2 aliphatic rings. The third-order valence-electron chi connectivity index (χ3n) is 3.99. The summed E-state index contributed by atoms with van der Waals surface area (Å²) in [6.45, 7) is 7.13. The molecule has 1 saturated carbocycles. The summed E-state index contributed by atoms with van der Waals surface area (Å²) < 4.78 is 5.39. The van der Waals surface area contributed by atoms with Crippen LogP contribution >= 0.6 is 15.9 Å². The minimum Gasteiger partial charge on any atom is -0.444 e. The average Bonchev–Trinajstić information content (AvgIpc) is 2.82. The van der Waals surface area contributed by atoms with E-state index in [1.807, 2.05) is 20.8 Å². The number of halogens is 1. The Morgan fingerprint density at radius 3 is 2.16 bits per heavy atom. The topological polar surface area (TPSA) is 46.6 Å². The standard InChI is InChI=1S/C14H22BrNO3/c1-14(2,3)19-13(18)16-7-10-4-9(12(17)6-15)5-11(10)8-16/h9-11H,4-8H2,1-3H3/t10-,11-/m1/s1. The molecule has 0 unspecified atom stereocenters. The number of amides is 1. The van der Waals surface area contributed by atoms with Gasteiger partial charge in [0.05, 0.1) is 5.33 Å². The van der Waals surface area contributed by atoms with E-state index in [0.29, 0.717) is 22.9 Å². The number of carbonyl (C=O) groups is 2. The number of ketones is 1. The quantitative estimate of drug-likeness (QED) is 0.731. The van der Waals surface area contributed by atoms with Crippen LogP contribution in [-0.2, 0) is 9.53 Å². The van der Waals surface area contributed by atoms with E-state index in [9.17, 15) is 9.59 Å². The van der Waals surface area contributed by atoms with Crippen molar-refractivity contribution in [1.29, 1.82) is 0 Å².